The summed E-state index contributed by atoms with van der Waals surface area (Å²) in [4.78, 5) is 20.4. The maximum absolute atomic E-state index is 10.2. The van der Waals surface area contributed by atoms with Crippen molar-refractivity contribution in [1.82, 2.24) is 0 Å². The van der Waals surface area contributed by atoms with Crippen LogP contribution in [0.1, 0.15) is 219 Å². The molecule has 0 spiro atoms. The number of carboxylic acids is 2. The predicted molar refractivity (Wildman–Crippen MR) is 175 cm³/mol. The molecule has 0 saturated heterocycles. The fourth-order valence-corrected chi connectivity index (χ4v) is 5.28. The van der Waals surface area contributed by atoms with Crippen LogP contribution in [0.4, 0.5) is 0 Å². The van der Waals surface area contributed by atoms with Gasteiger partial charge < -0.3 is 19.8 Å². The van der Waals surface area contributed by atoms with Gasteiger partial charge in [0.15, 0.2) is 0 Å². The van der Waals surface area contributed by atoms with Crippen LogP contribution in [0.25, 0.3) is 0 Å². The largest absolute Gasteiger partial charge is 2.00 e. The Morgan fingerprint density at radius 1 is 0.317 bits per heavy atom. The Balaban J connectivity index is -0.000000688. The summed E-state index contributed by atoms with van der Waals surface area (Å²) >= 11 is 0. The van der Waals surface area contributed by atoms with Crippen molar-refractivity contribution in [2.75, 3.05) is 0 Å². The van der Waals surface area contributed by atoms with E-state index < -0.39 is 11.9 Å². The molecule has 0 saturated carbocycles. The van der Waals surface area contributed by atoms with Gasteiger partial charge in [-0.15, -0.1) is 0 Å². The molecule has 0 aliphatic rings. The molecule has 0 radical (unpaired) electrons. The SMILES string of the molecule is CCCCCCCCCCCCCCCCCC(=O)[O-].CCCCCCCCCCCCCCCCCC(=O)[O-].[Be+2]. The van der Waals surface area contributed by atoms with Gasteiger partial charge >= 0.3 is 10.1 Å². The van der Waals surface area contributed by atoms with Crippen molar-refractivity contribution in [3.8, 4) is 0 Å². The van der Waals surface area contributed by atoms with Crippen LogP contribution in [-0.2, 0) is 9.59 Å². The molecule has 0 fully saturated rings. The number of unbranched alkanes of at least 4 members (excludes halogenated alkanes) is 28. The van der Waals surface area contributed by atoms with Gasteiger partial charge in [0.1, 0.15) is 0 Å². The molecule has 0 heterocycles. The van der Waals surface area contributed by atoms with Crippen LogP contribution in [0, 0.1) is 0 Å². The number of carbonyl (C=O) groups is 2. The van der Waals surface area contributed by atoms with Gasteiger partial charge in [0.05, 0.1) is 0 Å². The van der Waals surface area contributed by atoms with E-state index in [2.05, 4.69) is 13.8 Å². The van der Waals surface area contributed by atoms with E-state index >= 15 is 0 Å². The van der Waals surface area contributed by atoms with Gasteiger partial charge in [0.25, 0.3) is 0 Å². The second-order valence-corrected chi connectivity index (χ2v) is 12.1. The van der Waals surface area contributed by atoms with Crippen LogP contribution in [0.15, 0.2) is 0 Å². The van der Waals surface area contributed by atoms with Crippen molar-refractivity contribution in [1.29, 1.82) is 0 Å². The monoisotopic (exact) mass is 576 g/mol. The summed E-state index contributed by atoms with van der Waals surface area (Å²) in [5.41, 5.74) is 0. The van der Waals surface area contributed by atoms with Crippen LogP contribution >= 0.6 is 0 Å². The zero-order valence-electron chi connectivity index (χ0n) is 28.0. The Hall–Kier alpha value is -0.891. The Labute approximate surface area is 260 Å². The van der Waals surface area contributed by atoms with Crippen molar-refractivity contribution in [2.45, 2.75) is 219 Å². The molecule has 41 heavy (non-hydrogen) atoms. The molecule has 0 aromatic heterocycles. The van der Waals surface area contributed by atoms with Crippen molar-refractivity contribution in [2.24, 2.45) is 0 Å². The van der Waals surface area contributed by atoms with Crippen LogP contribution < -0.4 is 10.2 Å². The van der Waals surface area contributed by atoms with Gasteiger partial charge in [-0.2, -0.15) is 0 Å². The standard InChI is InChI=1S/2C18H36O2.Be/c2*1-2-3-4-5-6-7-8-9-10-11-12-13-14-15-16-17-18(19)20;/h2*2-17H2,1H3,(H,19,20);/q;;+2/p-2. The molecule has 0 rings (SSSR count). The molecule has 0 unspecified atom stereocenters. The topological polar surface area (TPSA) is 80.3 Å². The zero-order chi connectivity index (χ0) is 29.8. The summed E-state index contributed by atoms with van der Waals surface area (Å²) < 4.78 is 0. The Morgan fingerprint density at radius 3 is 0.610 bits per heavy atom. The molecule has 0 aromatic rings. The van der Waals surface area contributed by atoms with Crippen LogP contribution in [0.2, 0.25) is 0 Å². The molecule has 0 amide bonds. The van der Waals surface area contributed by atoms with Crippen molar-refractivity contribution >= 4 is 22.1 Å². The Bertz CT molecular complexity index is 454. The molecule has 4 nitrogen and oxygen atoms in total. The Kier molecular flexibility index (Phi) is 44.8. The number of carboxylic acid groups (broad SMARTS) is 2. The number of aliphatic carboxylic acids is 2. The first-order valence-corrected chi connectivity index (χ1v) is 17.9. The average molecular weight is 576 g/mol. The van der Waals surface area contributed by atoms with Gasteiger partial charge in [-0.1, -0.05) is 194 Å². The summed E-state index contributed by atoms with van der Waals surface area (Å²) in [5, 5.41) is 20.4. The van der Waals surface area contributed by atoms with Gasteiger partial charge in [-0.25, -0.2) is 0 Å². The maximum Gasteiger partial charge on any atom is 2.00 e. The van der Waals surface area contributed by atoms with Crippen LogP contribution in [0.5, 0.6) is 0 Å². The van der Waals surface area contributed by atoms with E-state index in [0.717, 1.165) is 25.7 Å². The number of hydrogen-bond acceptors (Lipinski definition) is 4. The number of rotatable bonds is 32. The average Bonchev–Trinajstić information content (AvgIpc) is 2.93. The van der Waals surface area contributed by atoms with E-state index in [1.54, 1.807) is 0 Å². The first-order valence-electron chi connectivity index (χ1n) is 17.9. The molecule has 240 valence electrons. The van der Waals surface area contributed by atoms with E-state index in [-0.39, 0.29) is 23.0 Å². The van der Waals surface area contributed by atoms with Crippen LogP contribution in [-0.4, -0.2) is 22.1 Å². The molecule has 0 aliphatic carbocycles. The molecule has 0 N–H and O–H groups in total. The fourth-order valence-electron chi connectivity index (χ4n) is 5.28. The first-order chi connectivity index (χ1) is 19.5. The zero-order valence-corrected chi connectivity index (χ0v) is 28.0. The third-order valence-electron chi connectivity index (χ3n) is 7.97. The first kappa shape index (κ1) is 44.5. The summed E-state index contributed by atoms with van der Waals surface area (Å²) in [7, 11) is 0. The summed E-state index contributed by atoms with van der Waals surface area (Å²) in [5.74, 6) is -1.81. The van der Waals surface area contributed by atoms with Crippen molar-refractivity contribution in [3.05, 3.63) is 0 Å². The second kappa shape index (κ2) is 41.2. The fraction of sp³-hybridized carbons (Fsp3) is 0.944. The minimum atomic E-state index is -0.903. The maximum atomic E-state index is 10.2. The van der Waals surface area contributed by atoms with Crippen molar-refractivity contribution < 1.29 is 19.8 Å². The molecule has 0 atom stereocenters. The van der Waals surface area contributed by atoms with Gasteiger partial charge in [0, 0.05) is 11.9 Å². The van der Waals surface area contributed by atoms with Crippen molar-refractivity contribution in [3.63, 3.8) is 0 Å². The number of carbonyl (C=O) groups excluding carboxylic acids is 2. The van der Waals surface area contributed by atoms with E-state index in [9.17, 15) is 19.8 Å². The summed E-state index contributed by atoms with van der Waals surface area (Å²) in [6, 6.07) is 0. The van der Waals surface area contributed by atoms with Gasteiger partial charge in [0.2, 0.25) is 0 Å². The van der Waals surface area contributed by atoms with Crippen LogP contribution in [0.3, 0.4) is 0 Å². The summed E-state index contributed by atoms with van der Waals surface area (Å²) in [6.45, 7) is 4.53. The summed E-state index contributed by atoms with van der Waals surface area (Å²) in [6.07, 6.45) is 39.7. The van der Waals surface area contributed by atoms with E-state index in [4.69, 9.17) is 0 Å². The van der Waals surface area contributed by atoms with Gasteiger partial charge in [-0.3, -0.25) is 0 Å². The molecule has 0 bridgehead atoms. The van der Waals surface area contributed by atoms with E-state index in [1.807, 2.05) is 0 Å². The van der Waals surface area contributed by atoms with Gasteiger partial charge in [-0.05, 0) is 25.7 Å². The molecule has 5 heteroatoms. The molecule has 0 aliphatic heterocycles. The normalized spacial score (nSPS) is 10.6. The number of hydrogen-bond donors (Lipinski definition) is 0. The quantitative estimate of drug-likeness (QED) is 0.0590. The predicted octanol–water partition coefficient (Wildman–Crippen LogP) is 9.61. The third-order valence-corrected chi connectivity index (χ3v) is 7.97. The smallest absolute Gasteiger partial charge is 0.550 e. The molecular weight excluding hydrogens is 505 g/mol. The van der Waals surface area contributed by atoms with E-state index in [0.29, 0.717) is 0 Å². The Morgan fingerprint density at radius 2 is 0.463 bits per heavy atom. The minimum absolute atomic E-state index is 0. The van der Waals surface area contributed by atoms with E-state index in [1.165, 1.54) is 167 Å². The molecule has 0 aromatic carbocycles. The third kappa shape index (κ3) is 49.1. The second-order valence-electron chi connectivity index (χ2n) is 12.1. The minimum Gasteiger partial charge on any atom is -0.550 e. The molecular formula is C36H70BeO4.